The summed E-state index contributed by atoms with van der Waals surface area (Å²) < 4.78 is 11.4. The summed E-state index contributed by atoms with van der Waals surface area (Å²) in [7, 11) is 0. The van der Waals surface area contributed by atoms with Crippen LogP contribution >= 0.6 is 0 Å². The first-order valence-electron chi connectivity index (χ1n) is 7.54. The number of unbranched alkanes of at least 4 members (excludes halogenated alkanes) is 1. The van der Waals surface area contributed by atoms with Gasteiger partial charge in [-0.2, -0.15) is 0 Å². The Morgan fingerprint density at radius 3 is 3.22 bits per heavy atom. The molecule has 2 atom stereocenters. The molecule has 106 valence electrons. The van der Waals surface area contributed by atoms with Crippen molar-refractivity contribution in [3.63, 3.8) is 0 Å². The fourth-order valence-electron chi connectivity index (χ4n) is 2.76. The van der Waals surface area contributed by atoms with Gasteiger partial charge in [-0.05, 0) is 25.8 Å². The molecule has 0 aliphatic carbocycles. The number of hydrogen-bond acceptors (Lipinski definition) is 4. The highest BCUT2D eigenvalue weighted by Gasteiger charge is 2.31. The van der Waals surface area contributed by atoms with Gasteiger partial charge in [0.25, 0.3) is 0 Å². The van der Waals surface area contributed by atoms with Crippen molar-refractivity contribution in [1.82, 2.24) is 10.2 Å². The average Bonchev–Trinajstić information content (AvgIpc) is 2.85. The number of hydrogen-bond donors (Lipinski definition) is 1. The molecule has 0 aromatic heterocycles. The van der Waals surface area contributed by atoms with Crippen LogP contribution in [0.5, 0.6) is 0 Å². The predicted molar refractivity (Wildman–Crippen MR) is 72.9 cm³/mol. The predicted octanol–water partition coefficient (Wildman–Crippen LogP) is 1.26. The maximum atomic E-state index is 5.89. The van der Waals surface area contributed by atoms with Gasteiger partial charge in [0.1, 0.15) is 0 Å². The lowest BCUT2D eigenvalue weighted by molar-refractivity contribution is -0.0473. The third-order valence-electron chi connectivity index (χ3n) is 3.90. The van der Waals surface area contributed by atoms with Gasteiger partial charge < -0.3 is 14.8 Å². The minimum Gasteiger partial charge on any atom is -0.380 e. The quantitative estimate of drug-likeness (QED) is 0.663. The van der Waals surface area contributed by atoms with Crippen LogP contribution in [0.2, 0.25) is 0 Å². The number of fused-ring (bicyclic) bond motifs is 1. The fourth-order valence-corrected chi connectivity index (χ4v) is 2.76. The van der Waals surface area contributed by atoms with E-state index in [9.17, 15) is 0 Å². The van der Waals surface area contributed by atoms with Gasteiger partial charge in [-0.3, -0.25) is 4.90 Å². The average molecular weight is 256 g/mol. The molecule has 0 spiro atoms. The molecule has 0 bridgehead atoms. The van der Waals surface area contributed by atoms with Crippen LogP contribution in [-0.2, 0) is 9.47 Å². The number of nitrogens with zero attached hydrogens (tertiary/aromatic N) is 1. The highest BCUT2D eigenvalue weighted by Crippen LogP contribution is 2.22. The Labute approximate surface area is 111 Å². The van der Waals surface area contributed by atoms with Crippen LogP contribution < -0.4 is 5.32 Å². The zero-order valence-electron chi connectivity index (χ0n) is 11.7. The first kappa shape index (κ1) is 14.3. The normalized spacial score (nSPS) is 28.5. The monoisotopic (exact) mass is 256 g/mol. The molecule has 0 saturated carbocycles. The van der Waals surface area contributed by atoms with Crippen LogP contribution in [0.1, 0.15) is 32.6 Å². The Morgan fingerprint density at radius 1 is 1.39 bits per heavy atom. The standard InChI is InChI=1S/C14H28N2O2/c1-2-3-8-17-9-6-15-10-14-11-16-7-4-5-13(16)12-18-14/h13-15H,2-12H2,1H3. The molecule has 0 amide bonds. The molecule has 2 fully saturated rings. The zero-order valence-corrected chi connectivity index (χ0v) is 11.7. The van der Waals surface area contributed by atoms with E-state index >= 15 is 0 Å². The van der Waals surface area contributed by atoms with Crippen molar-refractivity contribution >= 4 is 0 Å². The Morgan fingerprint density at radius 2 is 2.33 bits per heavy atom. The first-order chi connectivity index (χ1) is 8.90. The Hall–Kier alpha value is -0.160. The molecule has 2 unspecified atom stereocenters. The maximum absolute atomic E-state index is 5.89. The highest BCUT2D eigenvalue weighted by molar-refractivity contribution is 4.85. The van der Waals surface area contributed by atoms with E-state index in [0.29, 0.717) is 12.1 Å². The van der Waals surface area contributed by atoms with E-state index in [0.717, 1.165) is 39.5 Å². The number of nitrogens with one attached hydrogen (secondary N) is 1. The van der Waals surface area contributed by atoms with Crippen LogP contribution in [0, 0.1) is 0 Å². The minimum atomic E-state index is 0.370. The highest BCUT2D eigenvalue weighted by atomic mass is 16.5. The lowest BCUT2D eigenvalue weighted by Crippen LogP contribution is -2.49. The number of rotatable bonds is 8. The molecule has 2 aliphatic rings. The fraction of sp³-hybridized carbons (Fsp3) is 1.00. The van der Waals surface area contributed by atoms with E-state index < -0.39 is 0 Å². The van der Waals surface area contributed by atoms with E-state index in [1.807, 2.05) is 0 Å². The Balaban J connectivity index is 1.47. The van der Waals surface area contributed by atoms with Crippen molar-refractivity contribution in [2.24, 2.45) is 0 Å². The van der Waals surface area contributed by atoms with Crippen molar-refractivity contribution in [1.29, 1.82) is 0 Å². The van der Waals surface area contributed by atoms with Gasteiger partial charge in [-0.25, -0.2) is 0 Å². The van der Waals surface area contributed by atoms with Gasteiger partial charge in [0.05, 0.1) is 19.3 Å². The molecule has 18 heavy (non-hydrogen) atoms. The maximum Gasteiger partial charge on any atom is 0.0827 e. The molecule has 2 aliphatic heterocycles. The molecule has 4 heteroatoms. The van der Waals surface area contributed by atoms with Crippen LogP contribution in [0.25, 0.3) is 0 Å². The van der Waals surface area contributed by atoms with Crippen LogP contribution in [-0.4, -0.2) is 63.0 Å². The van der Waals surface area contributed by atoms with E-state index in [1.165, 1.54) is 32.2 Å². The molecule has 2 heterocycles. The molecule has 1 N–H and O–H groups in total. The third kappa shape index (κ3) is 4.50. The van der Waals surface area contributed by atoms with Gasteiger partial charge in [-0.1, -0.05) is 13.3 Å². The summed E-state index contributed by atoms with van der Waals surface area (Å²) in [4.78, 5) is 2.59. The summed E-state index contributed by atoms with van der Waals surface area (Å²) in [5.74, 6) is 0. The van der Waals surface area contributed by atoms with E-state index in [2.05, 4.69) is 17.1 Å². The van der Waals surface area contributed by atoms with Crippen molar-refractivity contribution in [3.8, 4) is 0 Å². The molecule has 2 saturated heterocycles. The van der Waals surface area contributed by atoms with Crippen LogP contribution in [0.4, 0.5) is 0 Å². The SMILES string of the molecule is CCCCOCCNCC1CN2CCCC2CO1. The third-order valence-corrected chi connectivity index (χ3v) is 3.90. The topological polar surface area (TPSA) is 33.7 Å². The summed E-state index contributed by atoms with van der Waals surface area (Å²) in [6.07, 6.45) is 5.42. The molecular formula is C14H28N2O2. The second-order valence-corrected chi connectivity index (χ2v) is 5.42. The zero-order chi connectivity index (χ0) is 12.6. The lowest BCUT2D eigenvalue weighted by Gasteiger charge is -2.35. The molecular weight excluding hydrogens is 228 g/mol. The summed E-state index contributed by atoms with van der Waals surface area (Å²) >= 11 is 0. The Kier molecular flexibility index (Phi) is 6.41. The largest absolute Gasteiger partial charge is 0.380 e. The summed E-state index contributed by atoms with van der Waals surface area (Å²) in [5.41, 5.74) is 0. The molecule has 0 radical (unpaired) electrons. The summed E-state index contributed by atoms with van der Waals surface area (Å²) in [5, 5.41) is 3.44. The molecule has 0 aromatic carbocycles. The van der Waals surface area contributed by atoms with Gasteiger partial charge in [0.2, 0.25) is 0 Å². The van der Waals surface area contributed by atoms with E-state index in [1.54, 1.807) is 0 Å². The van der Waals surface area contributed by atoms with Crippen molar-refractivity contribution in [3.05, 3.63) is 0 Å². The van der Waals surface area contributed by atoms with Crippen LogP contribution in [0.3, 0.4) is 0 Å². The smallest absolute Gasteiger partial charge is 0.0827 e. The number of ether oxygens (including phenoxy) is 2. The van der Waals surface area contributed by atoms with Crippen molar-refractivity contribution in [2.45, 2.75) is 44.8 Å². The molecule has 2 rings (SSSR count). The van der Waals surface area contributed by atoms with Gasteiger partial charge in [-0.15, -0.1) is 0 Å². The van der Waals surface area contributed by atoms with Crippen molar-refractivity contribution < 1.29 is 9.47 Å². The molecule has 0 aromatic rings. The van der Waals surface area contributed by atoms with Gasteiger partial charge in [0.15, 0.2) is 0 Å². The lowest BCUT2D eigenvalue weighted by atomic mass is 10.2. The second kappa shape index (κ2) is 8.10. The van der Waals surface area contributed by atoms with Gasteiger partial charge in [0, 0.05) is 32.3 Å². The minimum absolute atomic E-state index is 0.370. The number of morpholine rings is 1. The van der Waals surface area contributed by atoms with E-state index in [4.69, 9.17) is 9.47 Å². The summed E-state index contributed by atoms with van der Waals surface area (Å²) in [6.45, 7) is 9.10. The van der Waals surface area contributed by atoms with Crippen LogP contribution in [0.15, 0.2) is 0 Å². The van der Waals surface area contributed by atoms with Crippen molar-refractivity contribution in [2.75, 3.05) is 46.0 Å². The van der Waals surface area contributed by atoms with E-state index in [-0.39, 0.29) is 0 Å². The first-order valence-corrected chi connectivity index (χ1v) is 7.54. The summed E-state index contributed by atoms with van der Waals surface area (Å²) in [6, 6.07) is 0.707. The Bertz CT molecular complexity index is 226. The molecule has 4 nitrogen and oxygen atoms in total. The second-order valence-electron chi connectivity index (χ2n) is 5.42. The van der Waals surface area contributed by atoms with Gasteiger partial charge >= 0.3 is 0 Å².